The molecule has 0 aliphatic carbocycles. The molecule has 1 atom stereocenters. The van der Waals surface area contributed by atoms with Crippen molar-refractivity contribution in [3.8, 4) is 5.75 Å². The quantitative estimate of drug-likeness (QED) is 0.697. The highest BCUT2D eigenvalue weighted by atomic mass is 16.7. The van der Waals surface area contributed by atoms with Crippen molar-refractivity contribution in [2.45, 2.75) is 25.7 Å². The van der Waals surface area contributed by atoms with Gasteiger partial charge in [0.15, 0.2) is 0 Å². The van der Waals surface area contributed by atoms with Gasteiger partial charge in [0, 0.05) is 18.5 Å². The molecule has 0 radical (unpaired) electrons. The number of ether oxygens (including phenoxy) is 2. The molecule has 1 aromatic carbocycles. The minimum absolute atomic E-state index is 0.401. The highest BCUT2D eigenvalue weighted by Gasteiger charge is 2.40. The fourth-order valence-corrected chi connectivity index (χ4v) is 2.22. The van der Waals surface area contributed by atoms with Crippen molar-refractivity contribution in [1.82, 2.24) is 5.32 Å². The fourth-order valence-electron chi connectivity index (χ4n) is 2.22. The Balaban J connectivity index is 1.93. The zero-order chi connectivity index (χ0) is 10.3. The molecular weight excluding hydrogens is 190 g/mol. The van der Waals surface area contributed by atoms with Crippen LogP contribution in [-0.2, 0) is 11.3 Å². The van der Waals surface area contributed by atoms with Crippen molar-refractivity contribution >= 4 is 0 Å². The number of hydrogen-bond acceptors (Lipinski definition) is 3. The summed E-state index contributed by atoms with van der Waals surface area (Å²) in [5.41, 5.74) is 2.41. The number of benzene rings is 1. The van der Waals surface area contributed by atoms with Gasteiger partial charge in [0.1, 0.15) is 5.75 Å². The van der Waals surface area contributed by atoms with Crippen molar-refractivity contribution in [1.29, 1.82) is 0 Å². The van der Waals surface area contributed by atoms with Crippen LogP contribution in [0.3, 0.4) is 0 Å². The second-order valence-electron chi connectivity index (χ2n) is 4.34. The van der Waals surface area contributed by atoms with Crippen LogP contribution in [0.5, 0.6) is 5.75 Å². The van der Waals surface area contributed by atoms with E-state index in [1.807, 2.05) is 6.07 Å². The molecule has 1 fully saturated rings. The van der Waals surface area contributed by atoms with Gasteiger partial charge in [-0.1, -0.05) is 17.7 Å². The Morgan fingerprint density at radius 3 is 3.13 bits per heavy atom. The Morgan fingerprint density at radius 1 is 1.40 bits per heavy atom. The van der Waals surface area contributed by atoms with E-state index < -0.39 is 5.79 Å². The predicted molar refractivity (Wildman–Crippen MR) is 56.8 cm³/mol. The second kappa shape index (κ2) is 3.22. The zero-order valence-corrected chi connectivity index (χ0v) is 8.88. The molecule has 1 unspecified atom stereocenters. The van der Waals surface area contributed by atoms with E-state index in [4.69, 9.17) is 9.47 Å². The summed E-state index contributed by atoms with van der Waals surface area (Å²) in [4.78, 5) is 0. The Bertz CT molecular complexity index is 383. The van der Waals surface area contributed by atoms with Gasteiger partial charge in [-0.15, -0.1) is 0 Å². The number of fused-ring (bicyclic) bond motifs is 1. The standard InChI is InChI=1S/C12H15NO2/c1-9-2-3-11-10(6-9)7-14-12(15-11)4-5-13-8-12/h2-3,6,13H,4-5,7-8H2,1H3. The molecule has 0 saturated carbocycles. The van der Waals surface area contributed by atoms with Crippen LogP contribution in [0, 0.1) is 6.92 Å². The first-order chi connectivity index (χ1) is 7.27. The summed E-state index contributed by atoms with van der Waals surface area (Å²) in [5, 5.41) is 3.27. The van der Waals surface area contributed by atoms with E-state index in [0.29, 0.717) is 6.61 Å². The van der Waals surface area contributed by atoms with Gasteiger partial charge in [0.2, 0.25) is 5.79 Å². The molecule has 0 amide bonds. The van der Waals surface area contributed by atoms with Crippen molar-refractivity contribution in [3.05, 3.63) is 29.3 Å². The van der Waals surface area contributed by atoms with E-state index in [1.54, 1.807) is 0 Å². The van der Waals surface area contributed by atoms with Crippen molar-refractivity contribution in [2.24, 2.45) is 0 Å². The van der Waals surface area contributed by atoms with Crippen molar-refractivity contribution in [3.63, 3.8) is 0 Å². The molecule has 2 heterocycles. The van der Waals surface area contributed by atoms with Gasteiger partial charge in [-0.3, -0.25) is 0 Å². The van der Waals surface area contributed by atoms with E-state index in [-0.39, 0.29) is 0 Å². The molecule has 15 heavy (non-hydrogen) atoms. The lowest BCUT2D eigenvalue weighted by atomic mass is 10.1. The molecule has 0 bridgehead atoms. The number of rotatable bonds is 0. The molecule has 3 heteroatoms. The third-order valence-corrected chi connectivity index (χ3v) is 3.08. The molecule has 1 spiro atoms. The molecule has 1 aromatic rings. The molecule has 0 aromatic heterocycles. The average Bonchev–Trinajstić information content (AvgIpc) is 2.67. The third kappa shape index (κ3) is 1.52. The minimum Gasteiger partial charge on any atom is -0.461 e. The minimum atomic E-state index is -0.401. The average molecular weight is 205 g/mol. The van der Waals surface area contributed by atoms with Crippen LogP contribution in [0.15, 0.2) is 18.2 Å². The SMILES string of the molecule is Cc1ccc2c(c1)COC1(CCNC1)O2. The Labute approximate surface area is 89.4 Å². The molecule has 3 nitrogen and oxygen atoms in total. The van der Waals surface area contributed by atoms with Gasteiger partial charge in [-0.25, -0.2) is 0 Å². The van der Waals surface area contributed by atoms with Crippen LogP contribution in [0.4, 0.5) is 0 Å². The first-order valence-corrected chi connectivity index (χ1v) is 5.41. The molecule has 3 rings (SSSR count). The van der Waals surface area contributed by atoms with Crippen LogP contribution in [0.2, 0.25) is 0 Å². The van der Waals surface area contributed by atoms with Gasteiger partial charge in [-0.05, 0) is 13.0 Å². The maximum absolute atomic E-state index is 5.95. The summed E-state index contributed by atoms with van der Waals surface area (Å²) in [6.45, 7) is 4.52. The van der Waals surface area contributed by atoms with Gasteiger partial charge in [-0.2, -0.15) is 0 Å². The molecule has 2 aliphatic heterocycles. The Morgan fingerprint density at radius 2 is 2.33 bits per heavy atom. The van der Waals surface area contributed by atoms with E-state index in [0.717, 1.165) is 30.8 Å². The van der Waals surface area contributed by atoms with Crippen molar-refractivity contribution < 1.29 is 9.47 Å². The summed E-state index contributed by atoms with van der Waals surface area (Å²) in [5.74, 6) is 0.581. The lowest BCUT2D eigenvalue weighted by molar-refractivity contribution is -0.191. The molecule has 1 saturated heterocycles. The summed E-state index contributed by atoms with van der Waals surface area (Å²) < 4.78 is 11.8. The number of hydrogen-bond donors (Lipinski definition) is 1. The third-order valence-electron chi connectivity index (χ3n) is 3.08. The highest BCUT2D eigenvalue weighted by Crippen LogP contribution is 2.34. The maximum atomic E-state index is 5.95. The molecule has 1 N–H and O–H groups in total. The molecule has 80 valence electrons. The summed E-state index contributed by atoms with van der Waals surface area (Å²) >= 11 is 0. The smallest absolute Gasteiger partial charge is 0.224 e. The van der Waals surface area contributed by atoms with Gasteiger partial charge < -0.3 is 14.8 Å². The Hall–Kier alpha value is -1.06. The zero-order valence-electron chi connectivity index (χ0n) is 8.88. The molecule has 2 aliphatic rings. The van der Waals surface area contributed by atoms with Crippen molar-refractivity contribution in [2.75, 3.05) is 13.1 Å². The topological polar surface area (TPSA) is 30.5 Å². The van der Waals surface area contributed by atoms with Gasteiger partial charge in [0.25, 0.3) is 0 Å². The van der Waals surface area contributed by atoms with E-state index in [9.17, 15) is 0 Å². The van der Waals surface area contributed by atoms with Crippen LogP contribution < -0.4 is 10.1 Å². The summed E-state index contributed by atoms with van der Waals surface area (Å²) in [6, 6.07) is 6.26. The van der Waals surface area contributed by atoms with E-state index >= 15 is 0 Å². The molecular formula is C12H15NO2. The predicted octanol–water partition coefficient (Wildman–Crippen LogP) is 1.59. The lowest BCUT2D eigenvalue weighted by Gasteiger charge is -2.34. The number of aryl methyl sites for hydroxylation is 1. The fraction of sp³-hybridized carbons (Fsp3) is 0.500. The lowest BCUT2D eigenvalue weighted by Crippen LogP contribution is -2.43. The largest absolute Gasteiger partial charge is 0.461 e. The summed E-state index contributed by atoms with van der Waals surface area (Å²) in [6.07, 6.45) is 0.931. The first-order valence-electron chi connectivity index (χ1n) is 5.41. The normalized spacial score (nSPS) is 28.9. The van der Waals surface area contributed by atoms with Crippen LogP contribution in [0.1, 0.15) is 17.5 Å². The second-order valence-corrected chi connectivity index (χ2v) is 4.34. The van der Waals surface area contributed by atoms with Gasteiger partial charge >= 0.3 is 0 Å². The van der Waals surface area contributed by atoms with Crippen LogP contribution in [0.25, 0.3) is 0 Å². The monoisotopic (exact) mass is 205 g/mol. The highest BCUT2D eigenvalue weighted by molar-refractivity contribution is 5.38. The summed E-state index contributed by atoms with van der Waals surface area (Å²) in [7, 11) is 0. The Kier molecular flexibility index (Phi) is 1.97. The maximum Gasteiger partial charge on any atom is 0.224 e. The first kappa shape index (κ1) is 9.19. The van der Waals surface area contributed by atoms with E-state index in [2.05, 4.69) is 24.4 Å². The number of nitrogens with one attached hydrogen (secondary N) is 1. The van der Waals surface area contributed by atoms with Gasteiger partial charge in [0.05, 0.1) is 13.2 Å². The van der Waals surface area contributed by atoms with E-state index in [1.165, 1.54) is 5.56 Å². The van der Waals surface area contributed by atoms with Crippen LogP contribution >= 0.6 is 0 Å². The van der Waals surface area contributed by atoms with Crippen LogP contribution in [-0.4, -0.2) is 18.9 Å².